The van der Waals surface area contributed by atoms with Crippen molar-refractivity contribution in [2.75, 3.05) is 0 Å². The Labute approximate surface area is 85.3 Å². The van der Waals surface area contributed by atoms with Gasteiger partial charge < -0.3 is 9.84 Å². The molecule has 0 spiro atoms. The van der Waals surface area contributed by atoms with Gasteiger partial charge in [-0.3, -0.25) is 0 Å². The molecule has 0 aliphatic carbocycles. The fourth-order valence-corrected chi connectivity index (χ4v) is 0.780. The summed E-state index contributed by atoms with van der Waals surface area (Å²) >= 11 is 0. The van der Waals surface area contributed by atoms with E-state index in [4.69, 9.17) is 0 Å². The molecule has 5 heteroatoms. The van der Waals surface area contributed by atoms with Crippen molar-refractivity contribution >= 4 is 5.97 Å². The zero-order valence-corrected chi connectivity index (χ0v) is 8.25. The monoisotopic (exact) mass is 216 g/mol. The van der Waals surface area contributed by atoms with E-state index >= 15 is 0 Å². The first-order chi connectivity index (χ1) is 6.80. The summed E-state index contributed by atoms with van der Waals surface area (Å²) in [4.78, 5) is 11.1. The first kappa shape index (κ1) is 11.6. The van der Waals surface area contributed by atoms with E-state index in [1.54, 1.807) is 0 Å². The van der Waals surface area contributed by atoms with E-state index < -0.39 is 29.0 Å². The Hall–Kier alpha value is -1.49. The zero-order valence-electron chi connectivity index (χ0n) is 8.25. The SMILES string of the molecule is CC(C)(O)C(=O)Oc1cc(F)ccc1F. The topological polar surface area (TPSA) is 46.5 Å². The van der Waals surface area contributed by atoms with Gasteiger partial charge in [0, 0.05) is 6.07 Å². The molecule has 0 bridgehead atoms. The van der Waals surface area contributed by atoms with Crippen LogP contribution in [-0.2, 0) is 4.79 Å². The van der Waals surface area contributed by atoms with Crippen molar-refractivity contribution in [3.05, 3.63) is 29.8 Å². The van der Waals surface area contributed by atoms with E-state index in [9.17, 15) is 18.7 Å². The maximum atomic E-state index is 13.0. The molecule has 0 radical (unpaired) electrons. The third-order valence-electron chi connectivity index (χ3n) is 1.60. The van der Waals surface area contributed by atoms with Crippen LogP contribution in [0.2, 0.25) is 0 Å². The van der Waals surface area contributed by atoms with Crippen molar-refractivity contribution in [1.29, 1.82) is 0 Å². The van der Waals surface area contributed by atoms with Gasteiger partial charge in [-0.15, -0.1) is 0 Å². The summed E-state index contributed by atoms with van der Waals surface area (Å²) in [5, 5.41) is 9.22. The first-order valence-electron chi connectivity index (χ1n) is 4.20. The highest BCUT2D eigenvalue weighted by atomic mass is 19.1. The van der Waals surface area contributed by atoms with Gasteiger partial charge in [0.05, 0.1) is 0 Å². The molecule has 0 saturated heterocycles. The van der Waals surface area contributed by atoms with E-state index in [0.717, 1.165) is 18.2 Å². The van der Waals surface area contributed by atoms with Gasteiger partial charge in [0.1, 0.15) is 5.82 Å². The number of carbonyl (C=O) groups excluding carboxylic acids is 1. The van der Waals surface area contributed by atoms with E-state index in [2.05, 4.69) is 4.74 Å². The fraction of sp³-hybridized carbons (Fsp3) is 0.300. The van der Waals surface area contributed by atoms with Crippen molar-refractivity contribution in [2.45, 2.75) is 19.4 Å². The summed E-state index contributed by atoms with van der Waals surface area (Å²) in [6.07, 6.45) is 0. The van der Waals surface area contributed by atoms with Crippen molar-refractivity contribution in [1.82, 2.24) is 0 Å². The van der Waals surface area contributed by atoms with E-state index in [0.29, 0.717) is 0 Å². The maximum Gasteiger partial charge on any atom is 0.343 e. The Morgan fingerprint density at radius 3 is 2.53 bits per heavy atom. The van der Waals surface area contributed by atoms with Crippen LogP contribution < -0.4 is 4.74 Å². The normalized spacial score (nSPS) is 11.3. The number of carbonyl (C=O) groups is 1. The summed E-state index contributed by atoms with van der Waals surface area (Å²) < 4.78 is 30.2. The van der Waals surface area contributed by atoms with Gasteiger partial charge in [0.25, 0.3) is 0 Å². The molecule has 0 unspecified atom stereocenters. The van der Waals surface area contributed by atoms with Crippen molar-refractivity contribution in [3.8, 4) is 5.75 Å². The number of rotatable bonds is 2. The molecular weight excluding hydrogens is 206 g/mol. The molecule has 1 N–H and O–H groups in total. The lowest BCUT2D eigenvalue weighted by Gasteiger charge is -2.15. The van der Waals surface area contributed by atoms with E-state index in [1.807, 2.05) is 0 Å². The van der Waals surface area contributed by atoms with Crippen molar-refractivity contribution in [2.24, 2.45) is 0 Å². The quantitative estimate of drug-likeness (QED) is 0.603. The third-order valence-corrected chi connectivity index (χ3v) is 1.60. The lowest BCUT2D eigenvalue weighted by molar-refractivity contribution is -0.151. The summed E-state index contributed by atoms with van der Waals surface area (Å²) in [6, 6.07) is 2.47. The second-order valence-electron chi connectivity index (χ2n) is 3.52. The van der Waals surface area contributed by atoms with Gasteiger partial charge >= 0.3 is 5.97 Å². The minimum atomic E-state index is -1.75. The van der Waals surface area contributed by atoms with Gasteiger partial charge in [-0.2, -0.15) is 0 Å². The molecule has 0 heterocycles. The van der Waals surface area contributed by atoms with Crippen LogP contribution in [0.5, 0.6) is 5.75 Å². The molecule has 0 aliphatic rings. The smallest absolute Gasteiger partial charge is 0.343 e. The summed E-state index contributed by atoms with van der Waals surface area (Å²) in [6.45, 7) is 2.37. The fourth-order valence-electron chi connectivity index (χ4n) is 0.780. The number of halogens is 2. The number of hydrogen-bond acceptors (Lipinski definition) is 3. The van der Waals surface area contributed by atoms with Crippen LogP contribution in [0.3, 0.4) is 0 Å². The molecule has 0 fully saturated rings. The molecule has 0 saturated carbocycles. The highest BCUT2D eigenvalue weighted by Gasteiger charge is 2.27. The average Bonchev–Trinajstić information content (AvgIpc) is 2.09. The van der Waals surface area contributed by atoms with Crippen LogP contribution >= 0.6 is 0 Å². The number of aliphatic hydroxyl groups is 1. The van der Waals surface area contributed by atoms with Crippen LogP contribution in [0, 0.1) is 11.6 Å². The Morgan fingerprint density at radius 2 is 2.00 bits per heavy atom. The van der Waals surface area contributed by atoms with Gasteiger partial charge in [-0.25, -0.2) is 13.6 Å². The molecule has 1 rings (SSSR count). The van der Waals surface area contributed by atoms with E-state index in [-0.39, 0.29) is 0 Å². The lowest BCUT2D eigenvalue weighted by Crippen LogP contribution is -2.35. The Bertz CT molecular complexity index is 383. The van der Waals surface area contributed by atoms with Crippen LogP contribution in [0.25, 0.3) is 0 Å². The largest absolute Gasteiger partial charge is 0.421 e. The average molecular weight is 216 g/mol. The van der Waals surface area contributed by atoms with Gasteiger partial charge in [-0.1, -0.05) is 0 Å². The highest BCUT2D eigenvalue weighted by molar-refractivity contribution is 5.80. The summed E-state index contributed by atoms with van der Waals surface area (Å²) in [5.41, 5.74) is -1.75. The van der Waals surface area contributed by atoms with Crippen LogP contribution in [0.4, 0.5) is 8.78 Å². The number of ether oxygens (including phenoxy) is 1. The second kappa shape index (κ2) is 3.94. The minimum absolute atomic E-state index is 0.540. The molecule has 15 heavy (non-hydrogen) atoms. The molecule has 0 aromatic heterocycles. The van der Waals surface area contributed by atoms with Crippen LogP contribution in [0.1, 0.15) is 13.8 Å². The zero-order chi connectivity index (χ0) is 11.6. The second-order valence-corrected chi connectivity index (χ2v) is 3.52. The van der Waals surface area contributed by atoms with Crippen molar-refractivity contribution < 1.29 is 23.4 Å². The van der Waals surface area contributed by atoms with Gasteiger partial charge in [0.2, 0.25) is 0 Å². The number of esters is 1. The van der Waals surface area contributed by atoms with Crippen molar-refractivity contribution in [3.63, 3.8) is 0 Å². The molecule has 0 atom stereocenters. The third kappa shape index (κ3) is 2.99. The molecular formula is C10H10F2O3. The summed E-state index contributed by atoms with van der Waals surface area (Å²) in [7, 11) is 0. The number of benzene rings is 1. The minimum Gasteiger partial charge on any atom is -0.421 e. The maximum absolute atomic E-state index is 13.0. The highest BCUT2D eigenvalue weighted by Crippen LogP contribution is 2.19. The predicted molar refractivity (Wildman–Crippen MR) is 48.3 cm³/mol. The molecule has 3 nitrogen and oxygen atoms in total. The first-order valence-corrected chi connectivity index (χ1v) is 4.20. The van der Waals surface area contributed by atoms with Gasteiger partial charge in [-0.05, 0) is 26.0 Å². The van der Waals surface area contributed by atoms with Crippen LogP contribution in [0.15, 0.2) is 18.2 Å². The molecule has 0 amide bonds. The standard InChI is InChI=1S/C10H10F2O3/c1-10(2,14)9(13)15-8-5-6(11)3-4-7(8)12/h3-5,14H,1-2H3. The van der Waals surface area contributed by atoms with Gasteiger partial charge in [0.15, 0.2) is 17.2 Å². The Balaban J connectivity index is 2.90. The molecule has 82 valence electrons. The molecule has 1 aromatic rings. The predicted octanol–water partition coefficient (Wildman–Crippen LogP) is 1.64. The molecule has 1 aromatic carbocycles. The van der Waals surface area contributed by atoms with E-state index in [1.165, 1.54) is 13.8 Å². The lowest BCUT2D eigenvalue weighted by atomic mass is 10.1. The number of hydrogen-bond donors (Lipinski definition) is 1. The summed E-state index contributed by atoms with van der Waals surface area (Å²) in [5.74, 6) is -3.18. The molecule has 0 aliphatic heterocycles. The van der Waals surface area contributed by atoms with Crippen LogP contribution in [-0.4, -0.2) is 16.7 Å². The Morgan fingerprint density at radius 1 is 1.40 bits per heavy atom. The Kier molecular flexibility index (Phi) is 3.04.